The van der Waals surface area contributed by atoms with Crippen LogP contribution in [0.1, 0.15) is 25.3 Å². The van der Waals surface area contributed by atoms with Crippen molar-refractivity contribution in [2.45, 2.75) is 25.4 Å². The maximum Gasteiger partial charge on any atom is 0.336 e. The number of halogens is 1. The Hall–Kier alpha value is -3.36. The molecular weight excluding hydrogens is 486 g/mol. The molecule has 1 aliphatic heterocycles. The predicted molar refractivity (Wildman–Crippen MR) is 139 cm³/mol. The number of carbonyl (C=O) groups excluding carboxylic acids is 2. The lowest BCUT2D eigenvalue weighted by atomic mass is 9.71. The second-order valence-electron chi connectivity index (χ2n) is 8.28. The molecule has 0 saturated carbocycles. The van der Waals surface area contributed by atoms with E-state index in [1.54, 1.807) is 0 Å². The van der Waals surface area contributed by atoms with Crippen LogP contribution in [0.15, 0.2) is 77.3 Å². The average molecular weight is 514 g/mol. The molecule has 0 aliphatic carbocycles. The van der Waals surface area contributed by atoms with Gasteiger partial charge in [-0.2, -0.15) is 0 Å². The zero-order valence-corrected chi connectivity index (χ0v) is 21.5. The molecule has 3 unspecified atom stereocenters. The van der Waals surface area contributed by atoms with Crippen LogP contribution >= 0.6 is 23.7 Å². The third-order valence-corrected chi connectivity index (χ3v) is 6.83. The minimum absolute atomic E-state index is 0. The Bertz CT molecular complexity index is 1220. The zero-order chi connectivity index (χ0) is 24.3. The Labute approximate surface area is 215 Å². The van der Waals surface area contributed by atoms with Gasteiger partial charge in [-0.15, -0.1) is 23.7 Å². The predicted octanol–water partition coefficient (Wildman–Crippen LogP) is 4.98. The molecule has 2 N–H and O–H groups in total. The standard InChI is InChI=1S/C26H27N3O4S.ClH/c1-16-20(23(30)32-3)21(18-13-9-6-10-14-18)22(24(31)33-4)26(2,28-16)29-25-27-19(15-34-25)17-11-7-5-8-12-17;/h5-15,21-22,28H,1-4H3,(H,27,29);1H. The summed E-state index contributed by atoms with van der Waals surface area (Å²) in [4.78, 5) is 30.8. The molecule has 2 heterocycles. The molecule has 3 aromatic rings. The highest BCUT2D eigenvalue weighted by atomic mass is 35.5. The first-order chi connectivity index (χ1) is 16.4. The normalized spacial score (nSPS) is 21.4. The third-order valence-electron chi connectivity index (χ3n) is 6.08. The quantitative estimate of drug-likeness (QED) is 0.449. The molecule has 0 amide bonds. The van der Waals surface area contributed by atoms with E-state index in [4.69, 9.17) is 14.5 Å². The van der Waals surface area contributed by atoms with E-state index < -0.39 is 29.4 Å². The van der Waals surface area contributed by atoms with Crippen LogP contribution in [0.2, 0.25) is 0 Å². The van der Waals surface area contributed by atoms with Crippen LogP contribution in [0, 0.1) is 5.92 Å². The van der Waals surface area contributed by atoms with Crippen molar-refractivity contribution in [3.63, 3.8) is 0 Å². The molecule has 1 aromatic heterocycles. The van der Waals surface area contributed by atoms with Crippen LogP contribution in [0.25, 0.3) is 11.3 Å². The summed E-state index contributed by atoms with van der Waals surface area (Å²) in [7, 11) is 2.69. The molecule has 2 aromatic carbocycles. The fraction of sp³-hybridized carbons (Fsp3) is 0.269. The number of carbonyl (C=O) groups is 2. The Morgan fingerprint density at radius 2 is 1.66 bits per heavy atom. The number of thiazole rings is 1. The van der Waals surface area contributed by atoms with Crippen molar-refractivity contribution >= 4 is 40.8 Å². The van der Waals surface area contributed by atoms with Crippen molar-refractivity contribution in [1.29, 1.82) is 0 Å². The summed E-state index contributed by atoms with van der Waals surface area (Å²) in [6.07, 6.45) is 0. The van der Waals surface area contributed by atoms with Gasteiger partial charge < -0.3 is 20.1 Å². The molecule has 9 heteroatoms. The number of nitrogens with zero attached hydrogens (tertiary/aromatic N) is 1. The van der Waals surface area contributed by atoms with Crippen LogP contribution in [0.5, 0.6) is 0 Å². The van der Waals surface area contributed by atoms with E-state index in [1.165, 1.54) is 25.6 Å². The molecular formula is C26H28ClN3O4S. The highest BCUT2D eigenvalue weighted by Crippen LogP contribution is 2.45. The van der Waals surface area contributed by atoms with Gasteiger partial charge >= 0.3 is 11.9 Å². The number of esters is 2. The lowest BCUT2D eigenvalue weighted by Gasteiger charge is -2.46. The first-order valence-electron chi connectivity index (χ1n) is 10.9. The van der Waals surface area contributed by atoms with Crippen molar-refractivity contribution in [2.24, 2.45) is 5.92 Å². The van der Waals surface area contributed by atoms with E-state index in [1.807, 2.05) is 79.9 Å². The molecule has 1 aliphatic rings. The van der Waals surface area contributed by atoms with Gasteiger partial charge in [-0.1, -0.05) is 60.7 Å². The second-order valence-corrected chi connectivity index (χ2v) is 9.13. The first-order valence-corrected chi connectivity index (χ1v) is 11.7. The van der Waals surface area contributed by atoms with Gasteiger partial charge in [0.15, 0.2) is 5.13 Å². The maximum atomic E-state index is 13.3. The summed E-state index contributed by atoms with van der Waals surface area (Å²) >= 11 is 1.45. The highest BCUT2D eigenvalue weighted by molar-refractivity contribution is 7.14. The molecule has 184 valence electrons. The van der Waals surface area contributed by atoms with Gasteiger partial charge in [0.25, 0.3) is 0 Å². The molecule has 0 bridgehead atoms. The van der Waals surface area contributed by atoms with E-state index in [0.717, 1.165) is 16.8 Å². The van der Waals surface area contributed by atoms with Gasteiger partial charge in [0.2, 0.25) is 0 Å². The van der Waals surface area contributed by atoms with Gasteiger partial charge in [0.1, 0.15) is 11.6 Å². The van der Waals surface area contributed by atoms with Crippen LogP contribution in [0.4, 0.5) is 5.13 Å². The smallest absolute Gasteiger partial charge is 0.336 e. The summed E-state index contributed by atoms with van der Waals surface area (Å²) in [6.45, 7) is 3.69. The number of allylic oxidation sites excluding steroid dienone is 1. The summed E-state index contributed by atoms with van der Waals surface area (Å²) in [5.41, 5.74) is 2.68. The van der Waals surface area contributed by atoms with Crippen LogP contribution in [-0.2, 0) is 19.1 Å². The van der Waals surface area contributed by atoms with Gasteiger partial charge in [-0.25, -0.2) is 9.78 Å². The number of hydrogen-bond donors (Lipinski definition) is 2. The van der Waals surface area contributed by atoms with Crippen molar-refractivity contribution in [1.82, 2.24) is 10.3 Å². The maximum absolute atomic E-state index is 13.3. The van der Waals surface area contributed by atoms with Crippen LogP contribution < -0.4 is 10.6 Å². The number of ether oxygens (including phenoxy) is 2. The molecule has 0 radical (unpaired) electrons. The monoisotopic (exact) mass is 513 g/mol. The molecule has 7 nitrogen and oxygen atoms in total. The Morgan fingerprint density at radius 3 is 2.26 bits per heavy atom. The molecule has 35 heavy (non-hydrogen) atoms. The number of anilines is 1. The van der Waals surface area contributed by atoms with E-state index in [9.17, 15) is 9.59 Å². The summed E-state index contributed by atoms with van der Waals surface area (Å²) < 4.78 is 10.3. The molecule has 0 spiro atoms. The fourth-order valence-corrected chi connectivity index (χ4v) is 5.41. The number of methoxy groups -OCH3 is 2. The van der Waals surface area contributed by atoms with Gasteiger partial charge in [0.05, 0.1) is 25.5 Å². The molecule has 4 rings (SSSR count). The largest absolute Gasteiger partial charge is 0.469 e. The highest BCUT2D eigenvalue weighted by Gasteiger charge is 2.52. The van der Waals surface area contributed by atoms with Gasteiger partial charge in [-0.05, 0) is 19.4 Å². The number of benzene rings is 2. The zero-order valence-electron chi connectivity index (χ0n) is 19.9. The lowest BCUT2D eigenvalue weighted by molar-refractivity contribution is -0.149. The van der Waals surface area contributed by atoms with Crippen molar-refractivity contribution in [2.75, 3.05) is 19.5 Å². The minimum atomic E-state index is -0.999. The molecule has 0 fully saturated rings. The average Bonchev–Trinajstić information content (AvgIpc) is 3.31. The minimum Gasteiger partial charge on any atom is -0.469 e. The lowest BCUT2D eigenvalue weighted by Crippen LogP contribution is -2.62. The SMILES string of the molecule is COC(=O)C1=C(C)NC(C)(Nc2nc(-c3ccccc3)cs2)C(C(=O)OC)C1c1ccccc1.Cl. The summed E-state index contributed by atoms with van der Waals surface area (Å²) in [5, 5.41) is 9.39. The number of rotatable bonds is 6. The molecule has 3 atom stereocenters. The van der Waals surface area contributed by atoms with Crippen molar-refractivity contribution in [3.8, 4) is 11.3 Å². The fourth-order valence-electron chi connectivity index (χ4n) is 4.58. The van der Waals surface area contributed by atoms with Crippen LogP contribution in [0.3, 0.4) is 0 Å². The topological polar surface area (TPSA) is 89.5 Å². The van der Waals surface area contributed by atoms with Crippen LogP contribution in [-0.4, -0.2) is 36.8 Å². The summed E-state index contributed by atoms with van der Waals surface area (Å²) in [6, 6.07) is 19.3. The second kappa shape index (κ2) is 10.9. The first kappa shape index (κ1) is 26.2. The van der Waals surface area contributed by atoms with E-state index in [0.29, 0.717) is 16.4 Å². The van der Waals surface area contributed by atoms with Crippen molar-refractivity contribution < 1.29 is 19.1 Å². The number of nitrogens with one attached hydrogen (secondary N) is 2. The van der Waals surface area contributed by atoms with E-state index >= 15 is 0 Å². The van der Waals surface area contributed by atoms with E-state index in [-0.39, 0.29) is 12.4 Å². The van der Waals surface area contributed by atoms with Crippen molar-refractivity contribution in [3.05, 3.63) is 82.9 Å². The Balaban J connectivity index is 0.00000342. The Kier molecular flexibility index (Phi) is 8.19. The van der Waals surface area contributed by atoms with Gasteiger partial charge in [0, 0.05) is 22.6 Å². The van der Waals surface area contributed by atoms with E-state index in [2.05, 4.69) is 10.6 Å². The third kappa shape index (κ3) is 5.18. The number of aromatic nitrogens is 1. The van der Waals surface area contributed by atoms with Gasteiger partial charge in [-0.3, -0.25) is 4.79 Å². The molecule has 0 saturated heterocycles. The Morgan fingerprint density at radius 1 is 1.03 bits per heavy atom. The number of hydrogen-bond acceptors (Lipinski definition) is 8. The summed E-state index contributed by atoms with van der Waals surface area (Å²) in [5.74, 6) is -2.32.